The Labute approximate surface area is 127 Å². The van der Waals surface area contributed by atoms with Gasteiger partial charge in [0.2, 0.25) is 0 Å². The Morgan fingerprint density at radius 3 is 2.52 bits per heavy atom. The van der Waals surface area contributed by atoms with Gasteiger partial charge in [-0.1, -0.05) is 19.1 Å². The second-order valence-electron chi connectivity index (χ2n) is 5.72. The second-order valence-corrected chi connectivity index (χ2v) is 5.72. The number of benzene rings is 1. The van der Waals surface area contributed by atoms with Gasteiger partial charge in [0.1, 0.15) is 0 Å². The summed E-state index contributed by atoms with van der Waals surface area (Å²) in [5.74, 6) is 0. The Kier molecular flexibility index (Phi) is 4.20. The molecule has 1 saturated heterocycles. The second kappa shape index (κ2) is 6.27. The van der Waals surface area contributed by atoms with E-state index in [9.17, 15) is 0 Å². The van der Waals surface area contributed by atoms with Crippen LogP contribution in [0, 0.1) is 6.92 Å². The van der Waals surface area contributed by atoms with Crippen molar-refractivity contribution in [2.24, 2.45) is 0 Å². The Balaban J connectivity index is 1.81. The summed E-state index contributed by atoms with van der Waals surface area (Å²) in [6.07, 6.45) is 3.85. The lowest BCUT2D eigenvalue weighted by molar-refractivity contribution is 0.271. The molecular formula is C18H23N3. The predicted octanol–water partition coefficient (Wildman–Crippen LogP) is 3.20. The van der Waals surface area contributed by atoms with Gasteiger partial charge in [0, 0.05) is 49.8 Å². The number of aryl methyl sites for hydroxylation is 1. The van der Waals surface area contributed by atoms with Gasteiger partial charge >= 0.3 is 0 Å². The van der Waals surface area contributed by atoms with Gasteiger partial charge in [-0.15, -0.1) is 0 Å². The molecule has 1 aromatic heterocycles. The molecule has 0 unspecified atom stereocenters. The topological polar surface area (TPSA) is 19.4 Å². The van der Waals surface area contributed by atoms with E-state index in [1.165, 1.54) is 22.4 Å². The van der Waals surface area contributed by atoms with Crippen molar-refractivity contribution in [3.05, 3.63) is 48.3 Å². The van der Waals surface area contributed by atoms with Crippen molar-refractivity contribution >= 4 is 5.69 Å². The van der Waals surface area contributed by atoms with Gasteiger partial charge in [-0.3, -0.25) is 4.98 Å². The first-order valence-electron chi connectivity index (χ1n) is 7.75. The molecule has 1 aromatic carbocycles. The maximum Gasteiger partial charge on any atom is 0.0373 e. The van der Waals surface area contributed by atoms with E-state index < -0.39 is 0 Å². The molecule has 0 spiro atoms. The molecule has 0 aliphatic carbocycles. The number of aromatic nitrogens is 1. The van der Waals surface area contributed by atoms with E-state index in [4.69, 9.17) is 0 Å². The third kappa shape index (κ3) is 3.24. The van der Waals surface area contributed by atoms with Gasteiger partial charge < -0.3 is 9.80 Å². The number of piperazine rings is 1. The molecule has 2 aromatic rings. The standard InChI is InChI=1S/C18H23N3/c1-3-20-7-9-21(10-8-20)18-6-4-5-16(12-18)17-11-15(2)13-19-14-17/h4-6,11-14H,3,7-10H2,1-2H3. The van der Waals surface area contributed by atoms with Crippen LogP contribution >= 0.6 is 0 Å². The summed E-state index contributed by atoms with van der Waals surface area (Å²) >= 11 is 0. The summed E-state index contributed by atoms with van der Waals surface area (Å²) in [5.41, 5.74) is 4.98. The highest BCUT2D eigenvalue weighted by atomic mass is 15.3. The molecule has 110 valence electrons. The molecule has 3 rings (SSSR count). The van der Waals surface area contributed by atoms with Crippen molar-refractivity contribution in [2.75, 3.05) is 37.6 Å². The molecule has 0 saturated carbocycles. The van der Waals surface area contributed by atoms with Crippen LogP contribution in [0.5, 0.6) is 0 Å². The lowest BCUT2D eigenvalue weighted by Crippen LogP contribution is -2.46. The fourth-order valence-electron chi connectivity index (χ4n) is 2.92. The SMILES string of the molecule is CCN1CCN(c2cccc(-c3cncc(C)c3)c2)CC1. The largest absolute Gasteiger partial charge is 0.369 e. The van der Waals surface area contributed by atoms with Crippen LogP contribution in [0.15, 0.2) is 42.7 Å². The van der Waals surface area contributed by atoms with Crippen molar-refractivity contribution in [3.8, 4) is 11.1 Å². The molecule has 0 amide bonds. The molecule has 0 radical (unpaired) electrons. The fraction of sp³-hybridized carbons (Fsp3) is 0.389. The number of likely N-dealkylation sites (N-methyl/N-ethyl adjacent to an activating group) is 1. The van der Waals surface area contributed by atoms with E-state index in [0.29, 0.717) is 0 Å². The van der Waals surface area contributed by atoms with Crippen LogP contribution in [0.4, 0.5) is 5.69 Å². The minimum absolute atomic E-state index is 1.11. The first-order valence-corrected chi connectivity index (χ1v) is 7.75. The summed E-state index contributed by atoms with van der Waals surface area (Å²) in [6, 6.07) is 11.0. The Morgan fingerprint density at radius 1 is 1.00 bits per heavy atom. The molecule has 1 aliphatic heterocycles. The number of anilines is 1. The highest BCUT2D eigenvalue weighted by molar-refractivity contribution is 5.68. The van der Waals surface area contributed by atoms with E-state index in [-0.39, 0.29) is 0 Å². The van der Waals surface area contributed by atoms with Crippen molar-refractivity contribution in [3.63, 3.8) is 0 Å². The van der Waals surface area contributed by atoms with Crippen LogP contribution in [-0.2, 0) is 0 Å². The average molecular weight is 281 g/mol. The molecule has 2 heterocycles. The van der Waals surface area contributed by atoms with Gasteiger partial charge in [-0.25, -0.2) is 0 Å². The molecule has 3 heteroatoms. The van der Waals surface area contributed by atoms with Crippen LogP contribution in [0.2, 0.25) is 0 Å². The summed E-state index contributed by atoms with van der Waals surface area (Å²) < 4.78 is 0. The highest BCUT2D eigenvalue weighted by Crippen LogP contribution is 2.25. The number of rotatable bonds is 3. The van der Waals surface area contributed by atoms with Crippen LogP contribution in [0.1, 0.15) is 12.5 Å². The maximum atomic E-state index is 4.30. The Morgan fingerprint density at radius 2 is 1.81 bits per heavy atom. The quantitative estimate of drug-likeness (QED) is 0.861. The first-order chi connectivity index (χ1) is 10.3. The van der Waals surface area contributed by atoms with E-state index >= 15 is 0 Å². The molecule has 0 atom stereocenters. The minimum atomic E-state index is 1.11. The van der Waals surface area contributed by atoms with Gasteiger partial charge in [0.15, 0.2) is 0 Å². The van der Waals surface area contributed by atoms with Crippen LogP contribution < -0.4 is 4.90 Å². The Bertz CT molecular complexity index is 601. The highest BCUT2D eigenvalue weighted by Gasteiger charge is 2.16. The van der Waals surface area contributed by atoms with Gasteiger partial charge in [0.25, 0.3) is 0 Å². The zero-order valence-corrected chi connectivity index (χ0v) is 12.9. The first kappa shape index (κ1) is 14.1. The molecule has 0 N–H and O–H groups in total. The van der Waals surface area contributed by atoms with E-state index in [1.54, 1.807) is 0 Å². The number of nitrogens with zero attached hydrogens (tertiary/aromatic N) is 3. The van der Waals surface area contributed by atoms with Gasteiger partial charge in [-0.05, 0) is 42.8 Å². The lowest BCUT2D eigenvalue weighted by atomic mass is 10.1. The third-order valence-electron chi connectivity index (χ3n) is 4.24. The van der Waals surface area contributed by atoms with Crippen molar-refractivity contribution in [1.82, 2.24) is 9.88 Å². The zero-order valence-electron chi connectivity index (χ0n) is 12.9. The van der Waals surface area contributed by atoms with Gasteiger partial charge in [-0.2, -0.15) is 0 Å². The summed E-state index contributed by atoms with van der Waals surface area (Å²) in [4.78, 5) is 9.29. The van der Waals surface area contributed by atoms with E-state index in [1.807, 2.05) is 12.4 Å². The smallest absolute Gasteiger partial charge is 0.0373 e. The van der Waals surface area contributed by atoms with Crippen LogP contribution in [-0.4, -0.2) is 42.6 Å². The molecule has 1 fully saturated rings. The minimum Gasteiger partial charge on any atom is -0.369 e. The predicted molar refractivity (Wildman–Crippen MR) is 88.7 cm³/mol. The lowest BCUT2D eigenvalue weighted by Gasteiger charge is -2.35. The average Bonchev–Trinajstić information content (AvgIpc) is 2.55. The summed E-state index contributed by atoms with van der Waals surface area (Å²) in [6.45, 7) is 10.0. The zero-order chi connectivity index (χ0) is 14.7. The number of hydrogen-bond acceptors (Lipinski definition) is 3. The normalized spacial score (nSPS) is 16.2. The molecule has 3 nitrogen and oxygen atoms in total. The molecule has 21 heavy (non-hydrogen) atoms. The number of hydrogen-bond donors (Lipinski definition) is 0. The monoisotopic (exact) mass is 281 g/mol. The van der Waals surface area contributed by atoms with E-state index in [0.717, 1.165) is 32.7 Å². The Hall–Kier alpha value is -1.87. The fourth-order valence-corrected chi connectivity index (χ4v) is 2.92. The number of pyridine rings is 1. The third-order valence-corrected chi connectivity index (χ3v) is 4.24. The molecular weight excluding hydrogens is 258 g/mol. The van der Waals surface area contributed by atoms with Crippen molar-refractivity contribution in [1.29, 1.82) is 0 Å². The van der Waals surface area contributed by atoms with Gasteiger partial charge in [0.05, 0.1) is 0 Å². The summed E-state index contributed by atoms with van der Waals surface area (Å²) in [7, 11) is 0. The van der Waals surface area contributed by atoms with E-state index in [2.05, 4.69) is 59.0 Å². The molecule has 0 bridgehead atoms. The summed E-state index contributed by atoms with van der Waals surface area (Å²) in [5, 5.41) is 0. The molecule has 1 aliphatic rings. The van der Waals surface area contributed by atoms with Crippen molar-refractivity contribution in [2.45, 2.75) is 13.8 Å². The maximum absolute atomic E-state index is 4.30. The van der Waals surface area contributed by atoms with Crippen LogP contribution in [0.3, 0.4) is 0 Å². The van der Waals surface area contributed by atoms with Crippen LogP contribution in [0.25, 0.3) is 11.1 Å². The van der Waals surface area contributed by atoms with Crippen molar-refractivity contribution < 1.29 is 0 Å².